The van der Waals surface area contributed by atoms with Crippen LogP contribution >= 0.6 is 0 Å². The van der Waals surface area contributed by atoms with Gasteiger partial charge >= 0.3 is 0 Å². The number of carbonyl (C=O) groups is 2. The number of aryl methyl sites for hydroxylation is 2. The lowest BCUT2D eigenvalue weighted by molar-refractivity contribution is -0.141. The van der Waals surface area contributed by atoms with Gasteiger partial charge in [-0.25, -0.2) is 4.39 Å². The molecule has 3 rings (SSSR count). The van der Waals surface area contributed by atoms with E-state index in [-0.39, 0.29) is 24.8 Å². The van der Waals surface area contributed by atoms with Crippen LogP contribution < -0.4 is 5.32 Å². The summed E-state index contributed by atoms with van der Waals surface area (Å²) in [6.45, 7) is 9.71. The Morgan fingerprint density at radius 1 is 0.886 bits per heavy atom. The fraction of sp³-hybridized carbons (Fsp3) is 0.333. The summed E-state index contributed by atoms with van der Waals surface area (Å²) in [4.78, 5) is 28.9. The molecule has 1 unspecified atom stereocenters. The summed E-state index contributed by atoms with van der Waals surface area (Å²) in [5.41, 5.74) is 3.84. The first-order chi connectivity index (χ1) is 16.5. The van der Waals surface area contributed by atoms with Crippen molar-refractivity contribution in [3.63, 3.8) is 0 Å². The molecule has 0 saturated carbocycles. The normalized spacial score (nSPS) is 12.2. The standard InChI is InChI=1S/C30H35FN2O2/c1-21-15-22(2)17-24(16-21)19-28(34)33(20-25-13-9-10-14-26(25)31)27(29(35)32-30(3,4)5)18-23-11-7-6-8-12-23/h6-17,27H,18-20H2,1-5H3,(H,32,35). The van der Waals surface area contributed by atoms with Gasteiger partial charge in [0.1, 0.15) is 11.9 Å². The van der Waals surface area contributed by atoms with E-state index in [1.165, 1.54) is 11.0 Å². The molecule has 184 valence electrons. The van der Waals surface area contributed by atoms with Gasteiger partial charge in [0.05, 0.1) is 6.42 Å². The van der Waals surface area contributed by atoms with E-state index in [0.717, 1.165) is 22.3 Å². The van der Waals surface area contributed by atoms with E-state index in [4.69, 9.17) is 0 Å². The second-order valence-corrected chi connectivity index (χ2v) is 10.2. The lowest BCUT2D eigenvalue weighted by Crippen LogP contribution is -2.54. The van der Waals surface area contributed by atoms with Crippen LogP contribution in [0.25, 0.3) is 0 Å². The summed E-state index contributed by atoms with van der Waals surface area (Å²) < 4.78 is 14.7. The van der Waals surface area contributed by atoms with Gasteiger partial charge in [0, 0.05) is 24.1 Å². The van der Waals surface area contributed by atoms with Crippen molar-refractivity contribution < 1.29 is 14.0 Å². The molecule has 0 heterocycles. The molecule has 0 radical (unpaired) electrons. The zero-order chi connectivity index (χ0) is 25.6. The molecule has 0 aliphatic carbocycles. The lowest BCUT2D eigenvalue weighted by Gasteiger charge is -2.34. The summed E-state index contributed by atoms with van der Waals surface area (Å²) in [7, 11) is 0. The first-order valence-electron chi connectivity index (χ1n) is 12.0. The largest absolute Gasteiger partial charge is 0.350 e. The fourth-order valence-electron chi connectivity index (χ4n) is 4.26. The molecule has 0 fully saturated rings. The highest BCUT2D eigenvalue weighted by atomic mass is 19.1. The van der Waals surface area contributed by atoms with Crippen LogP contribution in [0.15, 0.2) is 72.8 Å². The van der Waals surface area contributed by atoms with Crippen molar-refractivity contribution in [2.24, 2.45) is 0 Å². The Kier molecular flexibility index (Phi) is 8.44. The number of hydrogen-bond acceptors (Lipinski definition) is 2. The number of benzene rings is 3. The van der Waals surface area contributed by atoms with Crippen molar-refractivity contribution in [1.29, 1.82) is 0 Å². The monoisotopic (exact) mass is 474 g/mol. The fourth-order valence-corrected chi connectivity index (χ4v) is 4.26. The van der Waals surface area contributed by atoms with Gasteiger partial charge in [0.2, 0.25) is 11.8 Å². The van der Waals surface area contributed by atoms with Crippen LogP contribution in [0.4, 0.5) is 4.39 Å². The maximum atomic E-state index is 14.7. The van der Waals surface area contributed by atoms with Crippen LogP contribution in [-0.2, 0) is 29.0 Å². The zero-order valence-corrected chi connectivity index (χ0v) is 21.3. The third kappa shape index (κ3) is 7.78. The number of nitrogens with zero attached hydrogens (tertiary/aromatic N) is 1. The first kappa shape index (κ1) is 26.1. The smallest absolute Gasteiger partial charge is 0.243 e. The van der Waals surface area contributed by atoms with Gasteiger partial charge < -0.3 is 10.2 Å². The second-order valence-electron chi connectivity index (χ2n) is 10.2. The summed E-state index contributed by atoms with van der Waals surface area (Å²) in [5, 5.41) is 3.03. The Hall–Kier alpha value is -3.47. The van der Waals surface area contributed by atoms with Gasteiger partial charge in [0.15, 0.2) is 0 Å². The van der Waals surface area contributed by atoms with E-state index >= 15 is 0 Å². The highest BCUT2D eigenvalue weighted by Crippen LogP contribution is 2.20. The third-order valence-electron chi connectivity index (χ3n) is 5.70. The number of nitrogens with one attached hydrogen (secondary N) is 1. The predicted molar refractivity (Wildman–Crippen MR) is 138 cm³/mol. The third-order valence-corrected chi connectivity index (χ3v) is 5.70. The Bertz CT molecular complexity index is 1150. The number of rotatable bonds is 8. The first-order valence-corrected chi connectivity index (χ1v) is 12.0. The van der Waals surface area contributed by atoms with Crippen LogP contribution in [-0.4, -0.2) is 28.3 Å². The van der Waals surface area contributed by atoms with E-state index < -0.39 is 17.4 Å². The Morgan fingerprint density at radius 3 is 2.09 bits per heavy atom. The molecule has 0 spiro atoms. The van der Waals surface area contributed by atoms with E-state index in [0.29, 0.717) is 12.0 Å². The Balaban J connectivity index is 2.02. The van der Waals surface area contributed by atoms with Gasteiger partial charge in [-0.15, -0.1) is 0 Å². The molecule has 0 aromatic heterocycles. The van der Waals surface area contributed by atoms with Crippen molar-refractivity contribution >= 4 is 11.8 Å². The Labute approximate surface area is 208 Å². The Morgan fingerprint density at radius 2 is 1.49 bits per heavy atom. The molecule has 35 heavy (non-hydrogen) atoms. The molecule has 1 N–H and O–H groups in total. The van der Waals surface area contributed by atoms with Gasteiger partial charge in [-0.05, 0) is 51.8 Å². The lowest BCUT2D eigenvalue weighted by atomic mass is 9.99. The SMILES string of the molecule is Cc1cc(C)cc(CC(=O)N(Cc2ccccc2F)C(Cc2ccccc2)C(=O)NC(C)(C)C)c1. The van der Waals surface area contributed by atoms with Crippen LogP contribution in [0.5, 0.6) is 0 Å². The summed E-state index contributed by atoms with van der Waals surface area (Å²) >= 11 is 0. The predicted octanol–water partition coefficient (Wildman–Crippen LogP) is 5.54. The van der Waals surface area contributed by atoms with Gasteiger partial charge in [-0.1, -0.05) is 77.9 Å². The molecular formula is C30H35FN2O2. The van der Waals surface area contributed by atoms with Crippen LogP contribution in [0.1, 0.15) is 48.6 Å². The van der Waals surface area contributed by atoms with E-state index in [9.17, 15) is 14.0 Å². The number of carbonyl (C=O) groups excluding carboxylic acids is 2. The minimum atomic E-state index is -0.797. The average Bonchev–Trinajstić information content (AvgIpc) is 2.76. The number of halogens is 1. The minimum Gasteiger partial charge on any atom is -0.350 e. The highest BCUT2D eigenvalue weighted by molar-refractivity contribution is 5.89. The van der Waals surface area contributed by atoms with Gasteiger partial charge in [0.25, 0.3) is 0 Å². The second kappa shape index (κ2) is 11.3. The van der Waals surface area contributed by atoms with Crippen LogP contribution in [0.2, 0.25) is 0 Å². The van der Waals surface area contributed by atoms with Crippen molar-refractivity contribution in [1.82, 2.24) is 10.2 Å². The molecule has 1 atom stereocenters. The molecule has 5 heteroatoms. The molecule has 3 aromatic rings. The number of amides is 2. The van der Waals surface area contributed by atoms with E-state index in [1.54, 1.807) is 18.2 Å². The summed E-state index contributed by atoms with van der Waals surface area (Å²) in [5.74, 6) is -0.874. The van der Waals surface area contributed by atoms with Crippen molar-refractivity contribution in [3.05, 3.63) is 106 Å². The van der Waals surface area contributed by atoms with Crippen molar-refractivity contribution in [2.45, 2.75) is 65.6 Å². The zero-order valence-electron chi connectivity index (χ0n) is 21.3. The van der Waals surface area contributed by atoms with Gasteiger partial charge in [-0.3, -0.25) is 9.59 Å². The number of hydrogen-bond donors (Lipinski definition) is 1. The molecule has 0 aliphatic rings. The van der Waals surface area contributed by atoms with Crippen LogP contribution in [0.3, 0.4) is 0 Å². The van der Waals surface area contributed by atoms with Crippen molar-refractivity contribution in [3.8, 4) is 0 Å². The molecular weight excluding hydrogens is 439 g/mol. The van der Waals surface area contributed by atoms with Crippen molar-refractivity contribution in [2.75, 3.05) is 0 Å². The van der Waals surface area contributed by atoms with E-state index in [1.807, 2.05) is 77.1 Å². The summed E-state index contributed by atoms with van der Waals surface area (Å²) in [6, 6.07) is 21.2. The molecule has 0 aliphatic heterocycles. The maximum absolute atomic E-state index is 14.7. The van der Waals surface area contributed by atoms with Crippen LogP contribution in [0, 0.1) is 19.7 Å². The molecule has 4 nitrogen and oxygen atoms in total. The average molecular weight is 475 g/mol. The topological polar surface area (TPSA) is 49.4 Å². The maximum Gasteiger partial charge on any atom is 0.243 e. The van der Waals surface area contributed by atoms with E-state index in [2.05, 4.69) is 11.4 Å². The van der Waals surface area contributed by atoms with Gasteiger partial charge in [-0.2, -0.15) is 0 Å². The quantitative estimate of drug-likeness (QED) is 0.466. The summed E-state index contributed by atoms with van der Waals surface area (Å²) in [6.07, 6.45) is 0.459. The molecule has 3 aromatic carbocycles. The highest BCUT2D eigenvalue weighted by Gasteiger charge is 2.32. The molecule has 2 amide bonds. The molecule has 0 saturated heterocycles. The molecule has 0 bridgehead atoms. The minimum absolute atomic E-state index is 0.00533.